The van der Waals surface area contributed by atoms with Crippen molar-refractivity contribution in [3.05, 3.63) is 53.2 Å². The predicted octanol–water partition coefficient (Wildman–Crippen LogP) is 4.52. The molecule has 1 amide bonds. The van der Waals surface area contributed by atoms with Crippen LogP contribution < -0.4 is 10.1 Å². The largest absolute Gasteiger partial charge is 0.477 e. The van der Waals surface area contributed by atoms with Gasteiger partial charge in [-0.05, 0) is 42.0 Å². The van der Waals surface area contributed by atoms with Crippen LogP contribution in [0.2, 0.25) is 0 Å². The Kier molecular flexibility index (Phi) is 7.55. The molecule has 6 nitrogen and oxygen atoms in total. The number of benzene rings is 1. The first-order valence-electron chi connectivity index (χ1n) is 9.52. The Morgan fingerprint density at radius 2 is 1.68 bits per heavy atom. The quantitative estimate of drug-likeness (QED) is 0.677. The van der Waals surface area contributed by atoms with Gasteiger partial charge in [0, 0.05) is 11.9 Å². The lowest BCUT2D eigenvalue weighted by atomic mass is 9.92. The Labute approximate surface area is 166 Å². The Balaban J connectivity index is 2.10. The van der Waals surface area contributed by atoms with Gasteiger partial charge in [-0.25, -0.2) is 9.78 Å². The van der Waals surface area contributed by atoms with Gasteiger partial charge >= 0.3 is 5.97 Å². The van der Waals surface area contributed by atoms with Crippen LogP contribution in [-0.4, -0.2) is 30.1 Å². The van der Waals surface area contributed by atoms with E-state index in [0.29, 0.717) is 6.61 Å². The Hall–Kier alpha value is -2.89. The normalized spacial score (nSPS) is 10.8. The van der Waals surface area contributed by atoms with Crippen LogP contribution >= 0.6 is 0 Å². The summed E-state index contributed by atoms with van der Waals surface area (Å²) >= 11 is 0. The van der Waals surface area contributed by atoms with E-state index in [-0.39, 0.29) is 35.8 Å². The lowest BCUT2D eigenvalue weighted by Gasteiger charge is -2.20. The van der Waals surface area contributed by atoms with Gasteiger partial charge in [-0.15, -0.1) is 0 Å². The molecule has 6 heteroatoms. The summed E-state index contributed by atoms with van der Waals surface area (Å²) in [5.41, 5.74) is 3.10. The van der Waals surface area contributed by atoms with Crippen molar-refractivity contribution in [1.29, 1.82) is 0 Å². The second-order valence-corrected chi connectivity index (χ2v) is 7.03. The number of nitrogens with one attached hydrogen (secondary N) is 1. The molecule has 0 aliphatic carbocycles. The standard InChI is InChI=1S/C22H28N2O4/c1-6-27-21-18(11-8-12-23-21)22(26)28-13-19(25)24-20-16(14(2)3)9-7-10-17(20)15(4)5/h7-12,14-15H,6,13H2,1-5H3,(H,24,25). The zero-order chi connectivity index (χ0) is 20.7. The molecule has 1 N–H and O–H groups in total. The lowest BCUT2D eigenvalue weighted by molar-refractivity contribution is -0.119. The Morgan fingerprint density at radius 1 is 1.04 bits per heavy atom. The molecule has 0 saturated carbocycles. The number of carbonyl (C=O) groups excluding carboxylic acids is 2. The minimum absolute atomic E-state index is 0.197. The number of rotatable bonds is 8. The number of esters is 1. The molecule has 0 bridgehead atoms. The number of nitrogens with zero attached hydrogens (tertiary/aromatic N) is 1. The summed E-state index contributed by atoms with van der Waals surface area (Å²) in [6.07, 6.45) is 1.53. The van der Waals surface area contributed by atoms with E-state index in [4.69, 9.17) is 9.47 Å². The monoisotopic (exact) mass is 384 g/mol. The first-order valence-corrected chi connectivity index (χ1v) is 9.52. The molecule has 150 valence electrons. The topological polar surface area (TPSA) is 77.5 Å². The number of hydrogen-bond donors (Lipinski definition) is 1. The fourth-order valence-corrected chi connectivity index (χ4v) is 2.88. The van der Waals surface area contributed by atoms with Gasteiger partial charge in [-0.3, -0.25) is 4.79 Å². The van der Waals surface area contributed by atoms with E-state index < -0.39 is 5.97 Å². The van der Waals surface area contributed by atoms with Crippen molar-refractivity contribution < 1.29 is 19.1 Å². The number of anilines is 1. The van der Waals surface area contributed by atoms with Crippen LogP contribution in [0.5, 0.6) is 5.88 Å². The minimum Gasteiger partial charge on any atom is -0.477 e. The van der Waals surface area contributed by atoms with E-state index in [9.17, 15) is 9.59 Å². The van der Waals surface area contributed by atoms with E-state index in [2.05, 4.69) is 38.0 Å². The van der Waals surface area contributed by atoms with Crippen LogP contribution in [0.3, 0.4) is 0 Å². The molecular formula is C22H28N2O4. The van der Waals surface area contributed by atoms with Crippen molar-refractivity contribution in [2.45, 2.75) is 46.5 Å². The highest BCUT2D eigenvalue weighted by Gasteiger charge is 2.19. The van der Waals surface area contributed by atoms with Gasteiger partial charge in [0.25, 0.3) is 5.91 Å². The molecule has 1 heterocycles. The number of pyridine rings is 1. The number of ether oxygens (including phenoxy) is 2. The van der Waals surface area contributed by atoms with E-state index in [1.165, 1.54) is 6.20 Å². The molecule has 0 aliphatic heterocycles. The highest BCUT2D eigenvalue weighted by molar-refractivity contribution is 5.97. The average molecular weight is 384 g/mol. The Morgan fingerprint density at radius 3 is 2.25 bits per heavy atom. The fourth-order valence-electron chi connectivity index (χ4n) is 2.88. The van der Waals surface area contributed by atoms with Crippen LogP contribution in [0.4, 0.5) is 5.69 Å². The maximum Gasteiger partial charge on any atom is 0.344 e. The highest BCUT2D eigenvalue weighted by Crippen LogP contribution is 2.32. The summed E-state index contributed by atoms with van der Waals surface area (Å²) < 4.78 is 10.5. The third-order valence-corrected chi connectivity index (χ3v) is 4.24. The highest BCUT2D eigenvalue weighted by atomic mass is 16.5. The summed E-state index contributed by atoms with van der Waals surface area (Å²) in [4.78, 5) is 28.8. The molecule has 28 heavy (non-hydrogen) atoms. The number of hydrogen-bond acceptors (Lipinski definition) is 5. The second-order valence-electron chi connectivity index (χ2n) is 7.03. The van der Waals surface area contributed by atoms with Gasteiger partial charge in [-0.2, -0.15) is 0 Å². The number of para-hydroxylation sites is 1. The smallest absolute Gasteiger partial charge is 0.344 e. The lowest BCUT2D eigenvalue weighted by Crippen LogP contribution is -2.23. The summed E-state index contributed by atoms with van der Waals surface area (Å²) in [5.74, 6) is -0.331. The number of aromatic nitrogens is 1. The van der Waals surface area contributed by atoms with Gasteiger partial charge in [0.1, 0.15) is 5.56 Å². The van der Waals surface area contributed by atoms with E-state index in [0.717, 1.165) is 16.8 Å². The molecule has 0 aliphatic rings. The third-order valence-electron chi connectivity index (χ3n) is 4.24. The van der Waals surface area contributed by atoms with Gasteiger partial charge in [0.2, 0.25) is 5.88 Å². The maximum absolute atomic E-state index is 12.5. The summed E-state index contributed by atoms with van der Waals surface area (Å²) in [5, 5.41) is 2.93. The van der Waals surface area contributed by atoms with Gasteiger partial charge in [0.05, 0.1) is 6.61 Å². The van der Waals surface area contributed by atoms with Crippen molar-refractivity contribution >= 4 is 17.6 Å². The SMILES string of the molecule is CCOc1ncccc1C(=O)OCC(=O)Nc1c(C(C)C)cccc1C(C)C. The molecule has 0 unspecified atom stereocenters. The second kappa shape index (κ2) is 9.88. The van der Waals surface area contributed by atoms with E-state index >= 15 is 0 Å². The van der Waals surface area contributed by atoms with Crippen molar-refractivity contribution in [2.24, 2.45) is 0 Å². The Bertz CT molecular complexity index is 805. The summed E-state index contributed by atoms with van der Waals surface area (Å²) in [6, 6.07) is 9.18. The third kappa shape index (κ3) is 5.31. The fraction of sp³-hybridized carbons (Fsp3) is 0.409. The van der Waals surface area contributed by atoms with Crippen LogP contribution in [0, 0.1) is 0 Å². The summed E-state index contributed by atoms with van der Waals surface area (Å²) in [6.45, 7) is 10.1. The molecule has 0 atom stereocenters. The molecule has 0 radical (unpaired) electrons. The minimum atomic E-state index is -0.645. The molecule has 2 aromatic rings. The van der Waals surface area contributed by atoms with Crippen molar-refractivity contribution in [3.8, 4) is 5.88 Å². The molecular weight excluding hydrogens is 356 g/mol. The molecule has 0 fully saturated rings. The first kappa shape index (κ1) is 21.4. The van der Waals surface area contributed by atoms with Crippen LogP contribution in [0.25, 0.3) is 0 Å². The average Bonchev–Trinajstić information content (AvgIpc) is 2.66. The summed E-state index contributed by atoms with van der Waals surface area (Å²) in [7, 11) is 0. The molecule has 1 aromatic heterocycles. The van der Waals surface area contributed by atoms with Crippen molar-refractivity contribution in [3.63, 3.8) is 0 Å². The van der Waals surface area contributed by atoms with Gasteiger partial charge < -0.3 is 14.8 Å². The van der Waals surface area contributed by atoms with Crippen LogP contribution in [-0.2, 0) is 9.53 Å². The van der Waals surface area contributed by atoms with Crippen LogP contribution in [0.1, 0.15) is 67.9 Å². The van der Waals surface area contributed by atoms with Crippen molar-refractivity contribution in [1.82, 2.24) is 4.98 Å². The van der Waals surface area contributed by atoms with E-state index in [1.807, 2.05) is 18.2 Å². The number of carbonyl (C=O) groups is 2. The molecule has 2 rings (SSSR count). The first-order chi connectivity index (χ1) is 13.3. The van der Waals surface area contributed by atoms with Gasteiger partial charge in [-0.1, -0.05) is 45.9 Å². The zero-order valence-corrected chi connectivity index (χ0v) is 17.1. The predicted molar refractivity (Wildman–Crippen MR) is 109 cm³/mol. The van der Waals surface area contributed by atoms with Gasteiger partial charge in [0.15, 0.2) is 6.61 Å². The molecule has 0 spiro atoms. The molecule has 1 aromatic carbocycles. The zero-order valence-electron chi connectivity index (χ0n) is 17.1. The van der Waals surface area contributed by atoms with E-state index in [1.54, 1.807) is 19.1 Å². The molecule has 0 saturated heterocycles. The maximum atomic E-state index is 12.5. The van der Waals surface area contributed by atoms with Crippen molar-refractivity contribution in [2.75, 3.05) is 18.5 Å². The number of amides is 1. The van der Waals surface area contributed by atoms with Crippen LogP contribution in [0.15, 0.2) is 36.5 Å².